The molecule has 3 heteroatoms. The van der Waals surface area contributed by atoms with Crippen LogP contribution in [0, 0.1) is 5.82 Å². The van der Waals surface area contributed by atoms with E-state index in [0.717, 1.165) is 6.42 Å². The number of carbonyl (C=O) groups is 1. The topological polar surface area (TPSA) is 26.3 Å². The van der Waals surface area contributed by atoms with E-state index in [1.54, 1.807) is 18.2 Å². The van der Waals surface area contributed by atoms with Crippen molar-refractivity contribution in [1.82, 2.24) is 0 Å². The summed E-state index contributed by atoms with van der Waals surface area (Å²) in [6.45, 7) is 2.38. The Labute approximate surface area is 89.1 Å². The lowest BCUT2D eigenvalue weighted by Crippen LogP contribution is -2.06. The van der Waals surface area contributed by atoms with Gasteiger partial charge in [0.25, 0.3) is 0 Å². The molecule has 0 spiro atoms. The second-order valence-corrected chi connectivity index (χ2v) is 3.31. The third-order valence-electron chi connectivity index (χ3n) is 2.02. The summed E-state index contributed by atoms with van der Waals surface area (Å²) in [7, 11) is 0. The molecule has 0 saturated carbocycles. The van der Waals surface area contributed by atoms with Crippen LogP contribution in [0.1, 0.15) is 25.3 Å². The van der Waals surface area contributed by atoms with E-state index >= 15 is 0 Å². The Balaban J connectivity index is 2.37. The first-order valence-corrected chi connectivity index (χ1v) is 5.13. The minimum atomic E-state index is -0.264. The normalized spacial score (nSPS) is 10.0. The van der Waals surface area contributed by atoms with E-state index < -0.39 is 0 Å². The highest BCUT2D eigenvalue weighted by molar-refractivity contribution is 5.69. The summed E-state index contributed by atoms with van der Waals surface area (Å²) in [6, 6.07) is 6.47. The van der Waals surface area contributed by atoms with Gasteiger partial charge in [0.05, 0.1) is 6.61 Å². The molecule has 0 aliphatic carbocycles. The lowest BCUT2D eigenvalue weighted by molar-refractivity contribution is -0.143. The Hall–Kier alpha value is -1.38. The summed E-state index contributed by atoms with van der Waals surface area (Å²) in [5, 5.41) is 0. The number of benzene rings is 1. The molecule has 0 N–H and O–H groups in total. The molecule has 0 heterocycles. The molecule has 15 heavy (non-hydrogen) atoms. The lowest BCUT2D eigenvalue weighted by Gasteiger charge is -2.03. The number of hydrogen-bond acceptors (Lipinski definition) is 2. The highest BCUT2D eigenvalue weighted by atomic mass is 19.1. The lowest BCUT2D eigenvalue weighted by atomic mass is 10.1. The standard InChI is InChI=1S/C12H15FO2/c1-2-9-15-12(14)8-7-10-5-3-4-6-11(10)13/h3-6H,2,7-9H2,1H3. The van der Waals surface area contributed by atoms with Crippen LogP contribution in [0.25, 0.3) is 0 Å². The molecule has 0 amide bonds. The van der Waals surface area contributed by atoms with Crippen molar-refractivity contribution in [2.45, 2.75) is 26.2 Å². The van der Waals surface area contributed by atoms with Crippen LogP contribution in [0.4, 0.5) is 4.39 Å². The van der Waals surface area contributed by atoms with Crippen molar-refractivity contribution in [3.63, 3.8) is 0 Å². The van der Waals surface area contributed by atoms with Crippen molar-refractivity contribution in [2.24, 2.45) is 0 Å². The highest BCUT2D eigenvalue weighted by Crippen LogP contribution is 2.09. The van der Waals surface area contributed by atoms with Gasteiger partial charge in [-0.05, 0) is 24.5 Å². The summed E-state index contributed by atoms with van der Waals surface area (Å²) in [5.41, 5.74) is 0.561. The van der Waals surface area contributed by atoms with Crippen LogP contribution < -0.4 is 0 Å². The Morgan fingerprint density at radius 3 is 2.80 bits per heavy atom. The summed E-state index contributed by atoms with van der Waals surface area (Å²) in [5.74, 6) is -0.527. The van der Waals surface area contributed by atoms with E-state index in [-0.39, 0.29) is 18.2 Å². The number of rotatable bonds is 5. The van der Waals surface area contributed by atoms with Crippen molar-refractivity contribution < 1.29 is 13.9 Å². The van der Waals surface area contributed by atoms with Crippen molar-refractivity contribution in [1.29, 1.82) is 0 Å². The maximum absolute atomic E-state index is 13.1. The van der Waals surface area contributed by atoms with Crippen molar-refractivity contribution in [3.05, 3.63) is 35.6 Å². The molecule has 0 radical (unpaired) electrons. The number of ether oxygens (including phenoxy) is 1. The molecule has 0 aliphatic rings. The zero-order chi connectivity index (χ0) is 11.1. The third-order valence-corrected chi connectivity index (χ3v) is 2.02. The van der Waals surface area contributed by atoms with Crippen LogP contribution in [0.2, 0.25) is 0 Å². The zero-order valence-corrected chi connectivity index (χ0v) is 8.83. The molecule has 0 aromatic heterocycles. The molecule has 0 fully saturated rings. The van der Waals surface area contributed by atoms with Gasteiger partial charge in [0, 0.05) is 6.42 Å². The van der Waals surface area contributed by atoms with Crippen LogP contribution in [0.5, 0.6) is 0 Å². The highest BCUT2D eigenvalue weighted by Gasteiger charge is 2.05. The molecule has 0 unspecified atom stereocenters. The average Bonchev–Trinajstić information content (AvgIpc) is 2.25. The summed E-state index contributed by atoms with van der Waals surface area (Å²) < 4.78 is 18.0. The summed E-state index contributed by atoms with van der Waals surface area (Å²) >= 11 is 0. The van der Waals surface area contributed by atoms with E-state index in [1.807, 2.05) is 6.92 Å². The maximum atomic E-state index is 13.1. The minimum absolute atomic E-state index is 0.237. The fraction of sp³-hybridized carbons (Fsp3) is 0.417. The molecular weight excluding hydrogens is 195 g/mol. The average molecular weight is 210 g/mol. The summed E-state index contributed by atoms with van der Waals surface area (Å²) in [6.07, 6.45) is 1.45. The van der Waals surface area contributed by atoms with E-state index in [4.69, 9.17) is 4.74 Å². The van der Waals surface area contributed by atoms with Crippen LogP contribution in [-0.4, -0.2) is 12.6 Å². The van der Waals surface area contributed by atoms with Crippen molar-refractivity contribution >= 4 is 5.97 Å². The van der Waals surface area contributed by atoms with Gasteiger partial charge in [-0.25, -0.2) is 4.39 Å². The SMILES string of the molecule is CCCOC(=O)CCc1ccccc1F. The van der Waals surface area contributed by atoms with Gasteiger partial charge in [-0.15, -0.1) is 0 Å². The van der Waals surface area contributed by atoms with Gasteiger partial charge in [0.15, 0.2) is 0 Å². The number of halogens is 1. The molecule has 0 bridgehead atoms. The Bertz CT molecular complexity index is 323. The van der Waals surface area contributed by atoms with Crippen molar-refractivity contribution in [3.8, 4) is 0 Å². The smallest absolute Gasteiger partial charge is 0.306 e. The third kappa shape index (κ3) is 4.11. The Morgan fingerprint density at radius 1 is 1.40 bits per heavy atom. The molecule has 0 saturated heterocycles. The summed E-state index contributed by atoms with van der Waals surface area (Å²) in [4.78, 5) is 11.1. The van der Waals surface area contributed by atoms with Gasteiger partial charge in [-0.1, -0.05) is 25.1 Å². The molecular formula is C12H15FO2. The van der Waals surface area contributed by atoms with Gasteiger partial charge < -0.3 is 4.74 Å². The Kier molecular flexibility index (Phi) is 4.81. The van der Waals surface area contributed by atoms with Crippen LogP contribution in [0.15, 0.2) is 24.3 Å². The second kappa shape index (κ2) is 6.17. The first-order chi connectivity index (χ1) is 7.24. The van der Waals surface area contributed by atoms with Gasteiger partial charge in [-0.3, -0.25) is 4.79 Å². The van der Waals surface area contributed by atoms with Gasteiger partial charge in [0.2, 0.25) is 0 Å². The van der Waals surface area contributed by atoms with E-state index in [9.17, 15) is 9.18 Å². The predicted molar refractivity (Wildman–Crippen MR) is 56.0 cm³/mol. The van der Waals surface area contributed by atoms with Crippen LogP contribution in [0.3, 0.4) is 0 Å². The van der Waals surface area contributed by atoms with Gasteiger partial charge >= 0.3 is 5.97 Å². The molecule has 1 rings (SSSR count). The number of carbonyl (C=O) groups excluding carboxylic acids is 1. The molecule has 1 aromatic carbocycles. The first-order valence-electron chi connectivity index (χ1n) is 5.13. The molecule has 2 nitrogen and oxygen atoms in total. The van der Waals surface area contributed by atoms with Gasteiger partial charge in [0.1, 0.15) is 5.82 Å². The fourth-order valence-corrected chi connectivity index (χ4v) is 1.23. The van der Waals surface area contributed by atoms with E-state index in [0.29, 0.717) is 18.6 Å². The second-order valence-electron chi connectivity index (χ2n) is 3.31. The monoisotopic (exact) mass is 210 g/mol. The van der Waals surface area contributed by atoms with Crippen LogP contribution in [-0.2, 0) is 16.0 Å². The number of aryl methyl sites for hydroxylation is 1. The largest absolute Gasteiger partial charge is 0.466 e. The molecule has 82 valence electrons. The van der Waals surface area contributed by atoms with Gasteiger partial charge in [-0.2, -0.15) is 0 Å². The van der Waals surface area contributed by atoms with E-state index in [1.165, 1.54) is 6.07 Å². The predicted octanol–water partition coefficient (Wildman–Crippen LogP) is 2.71. The fourth-order valence-electron chi connectivity index (χ4n) is 1.23. The van der Waals surface area contributed by atoms with E-state index in [2.05, 4.69) is 0 Å². The molecule has 0 atom stereocenters. The maximum Gasteiger partial charge on any atom is 0.306 e. The quantitative estimate of drug-likeness (QED) is 0.698. The minimum Gasteiger partial charge on any atom is -0.466 e. The van der Waals surface area contributed by atoms with Crippen LogP contribution >= 0.6 is 0 Å². The number of hydrogen-bond donors (Lipinski definition) is 0. The van der Waals surface area contributed by atoms with Crippen molar-refractivity contribution in [2.75, 3.05) is 6.61 Å². The first kappa shape index (κ1) is 11.7. The molecule has 0 aliphatic heterocycles. The molecule has 1 aromatic rings. The Morgan fingerprint density at radius 2 is 2.13 bits per heavy atom. The number of esters is 1. The zero-order valence-electron chi connectivity index (χ0n) is 8.83.